The number of nitrogens with one attached hydrogen (secondary N) is 1. The number of methoxy groups -OCH3 is 1. The second-order valence-corrected chi connectivity index (χ2v) is 10.5. The van der Waals surface area contributed by atoms with Crippen molar-refractivity contribution in [2.45, 2.75) is 68.3 Å². The molecule has 1 saturated heterocycles. The molecule has 2 aromatic heterocycles. The number of amides is 1. The van der Waals surface area contributed by atoms with Crippen LogP contribution in [0.5, 0.6) is 0 Å². The Morgan fingerprint density at radius 3 is 2.78 bits per heavy atom. The van der Waals surface area contributed by atoms with Crippen LogP contribution in [0.3, 0.4) is 0 Å². The van der Waals surface area contributed by atoms with Gasteiger partial charge in [0.25, 0.3) is 5.91 Å². The minimum absolute atomic E-state index is 0.119. The van der Waals surface area contributed by atoms with E-state index in [4.69, 9.17) is 9.26 Å². The second-order valence-electron chi connectivity index (χ2n) is 8.63. The van der Waals surface area contributed by atoms with Crippen molar-refractivity contribution in [3.63, 3.8) is 0 Å². The Balaban J connectivity index is 1.34. The Kier molecular flexibility index (Phi) is 6.92. The highest BCUT2D eigenvalue weighted by molar-refractivity contribution is 7.89. The molecule has 0 bridgehead atoms. The van der Waals surface area contributed by atoms with Gasteiger partial charge in [-0.3, -0.25) is 9.78 Å². The average molecular weight is 463 g/mol. The van der Waals surface area contributed by atoms with Gasteiger partial charge in [-0.2, -0.15) is 4.31 Å². The number of piperidine rings is 1. The third-order valence-electron chi connectivity index (χ3n) is 6.08. The summed E-state index contributed by atoms with van der Waals surface area (Å²) in [7, 11) is -2.00. The van der Waals surface area contributed by atoms with Gasteiger partial charge in [-0.15, -0.1) is 0 Å². The number of aryl methyl sites for hydroxylation is 1. The van der Waals surface area contributed by atoms with Gasteiger partial charge in [-0.25, -0.2) is 8.42 Å². The van der Waals surface area contributed by atoms with Gasteiger partial charge in [0, 0.05) is 56.2 Å². The van der Waals surface area contributed by atoms with E-state index in [-0.39, 0.29) is 28.6 Å². The molecule has 32 heavy (non-hydrogen) atoms. The molecule has 0 unspecified atom stereocenters. The highest BCUT2D eigenvalue weighted by Crippen LogP contribution is 2.40. The van der Waals surface area contributed by atoms with Gasteiger partial charge < -0.3 is 14.6 Å². The number of ether oxygens (including phenoxy) is 1. The quantitative estimate of drug-likeness (QED) is 0.569. The summed E-state index contributed by atoms with van der Waals surface area (Å²) in [4.78, 5) is 17.0. The van der Waals surface area contributed by atoms with Crippen molar-refractivity contribution >= 4 is 15.9 Å². The van der Waals surface area contributed by atoms with Crippen LogP contribution in [-0.4, -0.2) is 61.1 Å². The number of hydrogen-bond donors (Lipinski definition) is 1. The topological polar surface area (TPSA) is 115 Å². The molecule has 1 amide bonds. The van der Waals surface area contributed by atoms with E-state index in [1.807, 2.05) is 6.92 Å². The molecule has 2 aliphatic rings. The fourth-order valence-corrected chi connectivity index (χ4v) is 5.70. The first-order chi connectivity index (χ1) is 15.4. The van der Waals surface area contributed by atoms with Gasteiger partial charge in [-0.05, 0) is 57.6 Å². The summed E-state index contributed by atoms with van der Waals surface area (Å²) in [6.07, 6.45) is 6.22. The number of sulfonamides is 1. The van der Waals surface area contributed by atoms with Crippen molar-refractivity contribution in [2.24, 2.45) is 0 Å². The minimum atomic E-state index is -3.65. The third kappa shape index (κ3) is 5.19. The fraction of sp³-hybridized carbons (Fsp3) is 0.591. The lowest BCUT2D eigenvalue weighted by Gasteiger charge is -2.36. The summed E-state index contributed by atoms with van der Waals surface area (Å²) in [6, 6.07) is 4.72. The van der Waals surface area contributed by atoms with E-state index in [2.05, 4.69) is 15.5 Å². The monoisotopic (exact) mass is 462 g/mol. The molecule has 3 heterocycles. The van der Waals surface area contributed by atoms with E-state index in [1.165, 1.54) is 10.5 Å². The van der Waals surface area contributed by atoms with Gasteiger partial charge in [0.1, 0.15) is 10.7 Å². The van der Waals surface area contributed by atoms with E-state index in [0.29, 0.717) is 31.9 Å². The van der Waals surface area contributed by atoms with Crippen LogP contribution in [0.1, 0.15) is 66.9 Å². The Morgan fingerprint density at radius 1 is 1.31 bits per heavy atom. The first kappa shape index (κ1) is 22.9. The van der Waals surface area contributed by atoms with Crippen molar-refractivity contribution in [3.8, 4) is 0 Å². The van der Waals surface area contributed by atoms with E-state index in [9.17, 15) is 13.2 Å². The van der Waals surface area contributed by atoms with Gasteiger partial charge in [0.2, 0.25) is 10.0 Å². The van der Waals surface area contributed by atoms with Crippen LogP contribution in [0, 0.1) is 0 Å². The molecule has 1 saturated carbocycles. The zero-order valence-electron chi connectivity index (χ0n) is 18.5. The number of nitrogens with zero attached hydrogens (tertiary/aromatic N) is 3. The lowest BCUT2D eigenvalue weighted by atomic mass is 10.0. The largest absolute Gasteiger partial charge is 0.385 e. The lowest BCUT2D eigenvalue weighted by Crippen LogP contribution is -2.50. The highest BCUT2D eigenvalue weighted by atomic mass is 32.2. The highest BCUT2D eigenvalue weighted by Gasteiger charge is 2.36. The van der Waals surface area contributed by atoms with Crippen LogP contribution in [0.25, 0.3) is 0 Å². The summed E-state index contributed by atoms with van der Waals surface area (Å²) in [6.45, 7) is 2.84. The summed E-state index contributed by atoms with van der Waals surface area (Å²) in [5.74, 6) is 0.886. The van der Waals surface area contributed by atoms with Crippen LogP contribution in [-0.2, 0) is 21.2 Å². The van der Waals surface area contributed by atoms with E-state index >= 15 is 0 Å². The normalized spacial score (nSPS) is 22.1. The molecule has 4 rings (SSSR count). The van der Waals surface area contributed by atoms with Crippen molar-refractivity contribution in [1.82, 2.24) is 19.8 Å². The number of hydrogen-bond acceptors (Lipinski definition) is 7. The smallest absolute Gasteiger partial charge is 0.273 e. The van der Waals surface area contributed by atoms with Crippen molar-refractivity contribution < 1.29 is 22.5 Å². The summed E-state index contributed by atoms with van der Waals surface area (Å²) in [5.41, 5.74) is 1.12. The standard InChI is InChI=1S/C22H30N4O5S/c1-15-12-18(24-22(27)20-13-21(31-25-20)16-5-6-16)9-10-26(15)32(28,29)19-8-7-17(23-14-19)4-3-11-30-2/h7-8,13-16,18H,3-6,9-12H2,1-2H3,(H,24,27)/t15-,18+/m0/s1. The Bertz CT molecular complexity index is 1030. The molecule has 0 radical (unpaired) electrons. The number of pyridine rings is 1. The molecule has 174 valence electrons. The molecular formula is C22H30N4O5S. The second kappa shape index (κ2) is 9.68. The lowest BCUT2D eigenvalue weighted by molar-refractivity contribution is 0.0905. The first-order valence-electron chi connectivity index (χ1n) is 11.1. The van der Waals surface area contributed by atoms with Crippen LogP contribution in [0.15, 0.2) is 33.8 Å². The van der Waals surface area contributed by atoms with Crippen LogP contribution >= 0.6 is 0 Å². The Labute approximate surface area is 188 Å². The maximum absolute atomic E-state index is 13.1. The molecular weight excluding hydrogens is 432 g/mol. The van der Waals surface area contributed by atoms with Crippen LogP contribution in [0.2, 0.25) is 0 Å². The van der Waals surface area contributed by atoms with Gasteiger partial charge in [-0.1, -0.05) is 5.16 Å². The molecule has 1 aliphatic carbocycles. The van der Waals surface area contributed by atoms with Crippen molar-refractivity contribution in [3.05, 3.63) is 41.5 Å². The summed E-state index contributed by atoms with van der Waals surface area (Å²) in [5, 5.41) is 6.86. The van der Waals surface area contributed by atoms with E-state index < -0.39 is 10.0 Å². The number of aromatic nitrogens is 2. The average Bonchev–Trinajstić information content (AvgIpc) is 3.50. The van der Waals surface area contributed by atoms with E-state index in [0.717, 1.165) is 37.1 Å². The first-order valence-corrected chi connectivity index (χ1v) is 12.6. The molecule has 2 fully saturated rings. The molecule has 0 aromatic carbocycles. The van der Waals surface area contributed by atoms with Gasteiger partial charge >= 0.3 is 0 Å². The number of carbonyl (C=O) groups excluding carboxylic acids is 1. The molecule has 9 nitrogen and oxygen atoms in total. The van der Waals surface area contributed by atoms with Crippen molar-refractivity contribution in [1.29, 1.82) is 0 Å². The van der Waals surface area contributed by atoms with Crippen LogP contribution in [0.4, 0.5) is 0 Å². The van der Waals surface area contributed by atoms with Gasteiger partial charge in [0.15, 0.2) is 5.69 Å². The molecule has 1 aliphatic heterocycles. The Hall–Kier alpha value is -2.30. The zero-order chi connectivity index (χ0) is 22.7. The third-order valence-corrected chi connectivity index (χ3v) is 8.07. The fourth-order valence-electron chi connectivity index (χ4n) is 4.10. The van der Waals surface area contributed by atoms with Crippen molar-refractivity contribution in [2.75, 3.05) is 20.3 Å². The predicted octanol–water partition coefficient (Wildman–Crippen LogP) is 2.50. The Morgan fingerprint density at radius 2 is 2.12 bits per heavy atom. The molecule has 2 atom stereocenters. The zero-order valence-corrected chi connectivity index (χ0v) is 19.3. The molecule has 1 N–H and O–H groups in total. The maximum atomic E-state index is 13.1. The number of rotatable bonds is 9. The minimum Gasteiger partial charge on any atom is -0.385 e. The number of carbonyl (C=O) groups is 1. The van der Waals surface area contributed by atoms with Crippen LogP contribution < -0.4 is 5.32 Å². The summed E-state index contributed by atoms with van der Waals surface area (Å²) < 4.78 is 38.1. The van der Waals surface area contributed by atoms with E-state index in [1.54, 1.807) is 25.3 Å². The molecule has 2 aromatic rings. The van der Waals surface area contributed by atoms with Gasteiger partial charge in [0.05, 0.1) is 0 Å². The molecule has 10 heteroatoms. The maximum Gasteiger partial charge on any atom is 0.273 e. The predicted molar refractivity (Wildman–Crippen MR) is 117 cm³/mol. The summed E-state index contributed by atoms with van der Waals surface area (Å²) >= 11 is 0. The SMILES string of the molecule is COCCCc1ccc(S(=O)(=O)N2CC[C@@H](NC(=O)c3cc(C4CC4)on3)C[C@@H]2C)cn1. The molecule has 0 spiro atoms.